The molecule has 1 aliphatic rings. The van der Waals surface area contributed by atoms with E-state index in [0.717, 1.165) is 5.69 Å². The summed E-state index contributed by atoms with van der Waals surface area (Å²) in [6.07, 6.45) is 1.38. The van der Waals surface area contributed by atoms with E-state index >= 15 is 0 Å². The van der Waals surface area contributed by atoms with Crippen molar-refractivity contribution < 1.29 is 14.6 Å². The van der Waals surface area contributed by atoms with Gasteiger partial charge in [0.15, 0.2) is 0 Å². The van der Waals surface area contributed by atoms with Gasteiger partial charge in [-0.15, -0.1) is 0 Å². The van der Waals surface area contributed by atoms with Crippen molar-refractivity contribution in [2.45, 2.75) is 46.1 Å². The van der Waals surface area contributed by atoms with Crippen LogP contribution in [0.5, 0.6) is 0 Å². The number of fused-ring (bicyclic) bond motifs is 1. The van der Waals surface area contributed by atoms with E-state index in [1.807, 2.05) is 25.3 Å². The quantitative estimate of drug-likeness (QED) is 0.814. The van der Waals surface area contributed by atoms with Crippen LogP contribution in [-0.2, 0) is 24.4 Å². The van der Waals surface area contributed by atoms with Gasteiger partial charge in [0.05, 0.1) is 30.9 Å². The monoisotopic (exact) mass is 253 g/mol. The topological polar surface area (TPSA) is 67.6 Å². The van der Waals surface area contributed by atoms with E-state index in [4.69, 9.17) is 4.74 Å². The maximum atomic E-state index is 12.0. The Hall–Kier alpha value is -1.56. The lowest BCUT2D eigenvalue weighted by Crippen LogP contribution is -2.41. The first-order chi connectivity index (χ1) is 8.40. The van der Waals surface area contributed by atoms with Gasteiger partial charge in [-0.25, -0.2) is 9.78 Å². The van der Waals surface area contributed by atoms with Crippen molar-refractivity contribution in [3.63, 3.8) is 0 Å². The van der Waals surface area contributed by atoms with Crippen molar-refractivity contribution in [2.75, 3.05) is 6.54 Å². The van der Waals surface area contributed by atoms with Crippen LogP contribution < -0.4 is 0 Å². The van der Waals surface area contributed by atoms with E-state index < -0.39 is 5.60 Å². The average molecular weight is 253 g/mol. The Balaban J connectivity index is 2.09. The molecule has 0 unspecified atom stereocenters. The first kappa shape index (κ1) is 12.9. The van der Waals surface area contributed by atoms with Crippen molar-refractivity contribution in [2.24, 2.45) is 0 Å². The number of carbonyl (C=O) groups excluding carboxylic acids is 1. The number of hydrogen-bond acceptors (Lipinski definition) is 4. The second-order valence-electron chi connectivity index (χ2n) is 5.39. The van der Waals surface area contributed by atoms with Crippen LogP contribution in [0.1, 0.15) is 32.2 Å². The SMILES string of the molecule is CC(C)(C)OC(=O)N1CCn2cnc(CO)c2C1. The number of nitrogens with zero attached hydrogens (tertiary/aromatic N) is 3. The van der Waals surface area contributed by atoms with Crippen LogP contribution >= 0.6 is 0 Å². The fourth-order valence-electron chi connectivity index (χ4n) is 1.93. The van der Waals surface area contributed by atoms with Gasteiger partial charge in [0.2, 0.25) is 0 Å². The first-order valence-corrected chi connectivity index (χ1v) is 6.02. The molecule has 1 N–H and O–H groups in total. The van der Waals surface area contributed by atoms with E-state index in [1.165, 1.54) is 0 Å². The van der Waals surface area contributed by atoms with Crippen molar-refractivity contribution in [3.8, 4) is 0 Å². The highest BCUT2D eigenvalue weighted by Gasteiger charge is 2.27. The number of ether oxygens (including phenoxy) is 1. The molecule has 1 aromatic heterocycles. The van der Waals surface area contributed by atoms with Crippen LogP contribution in [-0.4, -0.2) is 37.8 Å². The third-order valence-corrected chi connectivity index (χ3v) is 2.79. The summed E-state index contributed by atoms with van der Waals surface area (Å²) in [6.45, 7) is 7.15. The Bertz CT molecular complexity index is 434. The summed E-state index contributed by atoms with van der Waals surface area (Å²) in [6, 6.07) is 0. The molecule has 0 aliphatic carbocycles. The molecular weight excluding hydrogens is 234 g/mol. The van der Waals surface area contributed by atoms with E-state index in [-0.39, 0.29) is 12.7 Å². The predicted octanol–water partition coefficient (Wildman–Crippen LogP) is 1.13. The minimum absolute atomic E-state index is 0.107. The van der Waals surface area contributed by atoms with Crippen LogP contribution in [0.2, 0.25) is 0 Å². The standard InChI is InChI=1S/C12H19N3O3/c1-12(2,3)18-11(17)14-4-5-15-8-13-9(7-16)10(15)6-14/h8,16H,4-7H2,1-3H3. The van der Waals surface area contributed by atoms with Crippen molar-refractivity contribution in [1.29, 1.82) is 0 Å². The summed E-state index contributed by atoms with van der Waals surface area (Å²) >= 11 is 0. The van der Waals surface area contributed by atoms with Crippen LogP contribution in [0.4, 0.5) is 4.79 Å². The predicted molar refractivity (Wildman–Crippen MR) is 64.8 cm³/mol. The van der Waals surface area contributed by atoms with Gasteiger partial charge in [-0.1, -0.05) is 0 Å². The number of aliphatic hydroxyl groups is 1. The average Bonchev–Trinajstić information content (AvgIpc) is 2.68. The Morgan fingerprint density at radius 1 is 1.50 bits per heavy atom. The zero-order chi connectivity index (χ0) is 13.3. The summed E-state index contributed by atoms with van der Waals surface area (Å²) in [5, 5.41) is 9.18. The van der Waals surface area contributed by atoms with Crippen LogP contribution in [0, 0.1) is 0 Å². The number of aliphatic hydroxyl groups excluding tert-OH is 1. The Morgan fingerprint density at radius 3 is 2.83 bits per heavy atom. The summed E-state index contributed by atoms with van der Waals surface area (Å²) in [7, 11) is 0. The zero-order valence-electron chi connectivity index (χ0n) is 11.0. The normalized spacial score (nSPS) is 15.4. The van der Waals surface area contributed by atoms with Crippen LogP contribution in [0.15, 0.2) is 6.33 Å². The second-order valence-corrected chi connectivity index (χ2v) is 5.39. The Kier molecular flexibility index (Phi) is 3.30. The van der Waals surface area contributed by atoms with Gasteiger partial charge < -0.3 is 19.3 Å². The molecule has 0 saturated carbocycles. The van der Waals surface area contributed by atoms with Gasteiger partial charge >= 0.3 is 6.09 Å². The molecule has 0 saturated heterocycles. The molecule has 0 aromatic carbocycles. The molecular formula is C12H19N3O3. The molecule has 1 amide bonds. The molecule has 0 fully saturated rings. The van der Waals surface area contributed by atoms with E-state index in [9.17, 15) is 9.90 Å². The van der Waals surface area contributed by atoms with Crippen molar-refractivity contribution in [1.82, 2.24) is 14.5 Å². The number of hydrogen-bond donors (Lipinski definition) is 1. The van der Waals surface area contributed by atoms with E-state index in [0.29, 0.717) is 25.3 Å². The third-order valence-electron chi connectivity index (χ3n) is 2.79. The minimum atomic E-state index is -0.491. The lowest BCUT2D eigenvalue weighted by molar-refractivity contribution is 0.0197. The largest absolute Gasteiger partial charge is 0.444 e. The molecule has 18 heavy (non-hydrogen) atoms. The molecule has 1 aliphatic heterocycles. The molecule has 1 aromatic rings. The maximum absolute atomic E-state index is 12.0. The number of carbonyl (C=O) groups is 1. The molecule has 0 atom stereocenters. The molecule has 2 heterocycles. The summed E-state index contributed by atoms with van der Waals surface area (Å²) in [5.41, 5.74) is 1.02. The van der Waals surface area contributed by atoms with Crippen molar-refractivity contribution >= 4 is 6.09 Å². The smallest absolute Gasteiger partial charge is 0.410 e. The lowest BCUT2D eigenvalue weighted by atomic mass is 10.2. The molecule has 100 valence electrons. The van der Waals surface area contributed by atoms with Gasteiger partial charge in [-0.3, -0.25) is 0 Å². The van der Waals surface area contributed by atoms with Gasteiger partial charge in [-0.05, 0) is 20.8 Å². The van der Waals surface area contributed by atoms with Crippen LogP contribution in [0.3, 0.4) is 0 Å². The highest BCUT2D eigenvalue weighted by atomic mass is 16.6. The highest BCUT2D eigenvalue weighted by molar-refractivity contribution is 5.68. The summed E-state index contributed by atoms with van der Waals surface area (Å²) in [5.74, 6) is 0. The fraction of sp³-hybridized carbons (Fsp3) is 0.667. The molecule has 0 radical (unpaired) electrons. The molecule has 6 nitrogen and oxygen atoms in total. The number of amides is 1. The van der Waals surface area contributed by atoms with E-state index in [1.54, 1.807) is 11.2 Å². The first-order valence-electron chi connectivity index (χ1n) is 6.02. The number of imidazole rings is 1. The van der Waals surface area contributed by atoms with Crippen molar-refractivity contribution in [3.05, 3.63) is 17.7 Å². The highest BCUT2D eigenvalue weighted by Crippen LogP contribution is 2.18. The maximum Gasteiger partial charge on any atom is 0.410 e. The van der Waals surface area contributed by atoms with Crippen LogP contribution in [0.25, 0.3) is 0 Å². The fourth-order valence-corrected chi connectivity index (χ4v) is 1.93. The molecule has 0 bridgehead atoms. The number of aromatic nitrogens is 2. The molecule has 6 heteroatoms. The second kappa shape index (κ2) is 4.61. The summed E-state index contributed by atoms with van der Waals surface area (Å²) < 4.78 is 7.30. The zero-order valence-corrected chi connectivity index (χ0v) is 11.0. The third kappa shape index (κ3) is 2.64. The van der Waals surface area contributed by atoms with Gasteiger partial charge in [0.25, 0.3) is 0 Å². The molecule has 0 spiro atoms. The van der Waals surface area contributed by atoms with E-state index in [2.05, 4.69) is 4.98 Å². The lowest BCUT2D eigenvalue weighted by Gasteiger charge is -2.31. The minimum Gasteiger partial charge on any atom is -0.444 e. The number of rotatable bonds is 1. The van der Waals surface area contributed by atoms with Gasteiger partial charge in [-0.2, -0.15) is 0 Å². The Morgan fingerprint density at radius 2 is 2.22 bits per heavy atom. The Labute approximate surface area is 106 Å². The molecule has 2 rings (SSSR count). The summed E-state index contributed by atoms with van der Waals surface area (Å²) in [4.78, 5) is 17.7. The van der Waals surface area contributed by atoms with Gasteiger partial charge in [0.1, 0.15) is 5.60 Å². The van der Waals surface area contributed by atoms with Gasteiger partial charge in [0, 0.05) is 13.1 Å².